The van der Waals surface area contributed by atoms with Gasteiger partial charge in [-0.3, -0.25) is 15.1 Å². The van der Waals surface area contributed by atoms with Crippen LogP contribution in [0.15, 0.2) is 65.8 Å². The second-order valence-electron chi connectivity index (χ2n) is 7.54. The summed E-state index contributed by atoms with van der Waals surface area (Å²) in [6.07, 6.45) is 6.10. The number of nitrogens with one attached hydrogen (secondary N) is 2. The van der Waals surface area contributed by atoms with E-state index in [0.29, 0.717) is 24.3 Å². The Bertz CT molecular complexity index is 1150. The molecular weight excluding hydrogens is 432 g/mol. The summed E-state index contributed by atoms with van der Waals surface area (Å²) >= 11 is 0. The van der Waals surface area contributed by atoms with Gasteiger partial charge in [0.05, 0.1) is 11.1 Å². The van der Waals surface area contributed by atoms with Crippen LogP contribution in [0.2, 0.25) is 0 Å². The number of benzene rings is 2. The van der Waals surface area contributed by atoms with Gasteiger partial charge in [-0.1, -0.05) is 25.0 Å². The highest BCUT2D eigenvalue weighted by atomic mass is 32.2. The van der Waals surface area contributed by atoms with E-state index in [1.165, 1.54) is 16.4 Å². The molecule has 1 saturated heterocycles. The van der Waals surface area contributed by atoms with Crippen LogP contribution in [0.4, 0.5) is 0 Å². The van der Waals surface area contributed by atoms with E-state index in [2.05, 4.69) is 10.2 Å². The molecule has 1 amide bonds. The van der Waals surface area contributed by atoms with E-state index < -0.39 is 22.0 Å². The molecule has 1 aromatic heterocycles. The Morgan fingerprint density at radius 1 is 1.03 bits per heavy atom. The number of carbonyl (C=O) groups excluding carboxylic acids is 1. The van der Waals surface area contributed by atoms with E-state index in [-0.39, 0.29) is 11.4 Å². The fourth-order valence-electron chi connectivity index (χ4n) is 3.78. The summed E-state index contributed by atoms with van der Waals surface area (Å²) < 4.78 is 33.4. The Balaban J connectivity index is 1.50. The number of nitrogens with zero attached hydrogens (tertiary/aromatic N) is 2. The minimum Gasteiger partial charge on any atom is -0.457 e. The fraction of sp³-hybridized carbons (Fsp3) is 0.273. The first kappa shape index (κ1) is 22.0. The topological polar surface area (TPSA) is 125 Å². The molecule has 4 rings (SSSR count). The van der Waals surface area contributed by atoms with Crippen LogP contribution in [0.5, 0.6) is 11.5 Å². The maximum atomic E-state index is 13.2. The molecule has 168 valence electrons. The predicted molar refractivity (Wildman–Crippen MR) is 117 cm³/mol. The molecular formula is C22H24N4O5S. The van der Waals surface area contributed by atoms with Crippen molar-refractivity contribution in [2.24, 2.45) is 0 Å². The van der Waals surface area contributed by atoms with Crippen LogP contribution in [0.1, 0.15) is 25.7 Å². The maximum absolute atomic E-state index is 13.2. The van der Waals surface area contributed by atoms with E-state index in [1.807, 2.05) is 24.3 Å². The van der Waals surface area contributed by atoms with Crippen molar-refractivity contribution in [2.75, 3.05) is 6.54 Å². The second-order valence-corrected chi connectivity index (χ2v) is 9.43. The first-order valence-corrected chi connectivity index (χ1v) is 11.8. The van der Waals surface area contributed by atoms with Crippen molar-refractivity contribution in [3.05, 3.63) is 60.9 Å². The van der Waals surface area contributed by atoms with Gasteiger partial charge >= 0.3 is 0 Å². The van der Waals surface area contributed by atoms with Crippen molar-refractivity contribution >= 4 is 15.9 Å². The molecule has 0 aliphatic carbocycles. The molecule has 9 nitrogen and oxygen atoms in total. The smallest absolute Gasteiger partial charge is 0.261 e. The highest BCUT2D eigenvalue weighted by molar-refractivity contribution is 7.89. The zero-order valence-electron chi connectivity index (χ0n) is 17.3. The van der Waals surface area contributed by atoms with Gasteiger partial charge < -0.3 is 4.74 Å². The molecule has 0 bridgehead atoms. The molecule has 0 saturated carbocycles. The molecule has 1 aliphatic rings. The third-order valence-electron chi connectivity index (χ3n) is 5.47. The number of hydroxylamine groups is 1. The quantitative estimate of drug-likeness (QED) is 0.386. The van der Waals surface area contributed by atoms with Gasteiger partial charge in [-0.2, -0.15) is 9.40 Å². The van der Waals surface area contributed by atoms with Crippen LogP contribution >= 0.6 is 0 Å². The van der Waals surface area contributed by atoms with Gasteiger partial charge in [0.1, 0.15) is 17.5 Å². The number of sulfonamides is 1. The standard InChI is InChI=1S/C22H24N4O5S/c27-22(25-28)21-4-2-1-3-13-26(21)32(29,30)20-11-9-19(10-12-20)31-18-7-5-16(6-8-18)17-14-23-24-15-17/h5-12,14-15,21,28H,1-4,13H2,(H,23,24)(H,25,27). The van der Waals surface area contributed by atoms with E-state index in [0.717, 1.165) is 24.0 Å². The lowest BCUT2D eigenvalue weighted by atomic mass is 10.1. The second kappa shape index (κ2) is 9.51. The largest absolute Gasteiger partial charge is 0.457 e. The third-order valence-corrected chi connectivity index (χ3v) is 7.39. The molecule has 2 aromatic carbocycles. The summed E-state index contributed by atoms with van der Waals surface area (Å²) in [5, 5.41) is 15.7. The van der Waals surface area contributed by atoms with E-state index in [1.54, 1.807) is 30.0 Å². The molecule has 0 spiro atoms. The van der Waals surface area contributed by atoms with Gasteiger partial charge in [0.25, 0.3) is 5.91 Å². The highest BCUT2D eigenvalue weighted by Gasteiger charge is 2.36. The first-order valence-electron chi connectivity index (χ1n) is 10.3. The normalized spacial score (nSPS) is 17.5. The highest BCUT2D eigenvalue weighted by Crippen LogP contribution is 2.29. The number of ether oxygens (including phenoxy) is 1. The average Bonchev–Trinajstić information content (AvgIpc) is 3.23. The Hall–Kier alpha value is -3.21. The van der Waals surface area contributed by atoms with Gasteiger partial charge in [0, 0.05) is 18.3 Å². The van der Waals surface area contributed by atoms with Gasteiger partial charge in [0.15, 0.2) is 0 Å². The molecule has 1 unspecified atom stereocenters. The van der Waals surface area contributed by atoms with E-state index in [4.69, 9.17) is 9.94 Å². The van der Waals surface area contributed by atoms with E-state index in [9.17, 15) is 13.2 Å². The van der Waals surface area contributed by atoms with Crippen molar-refractivity contribution in [3.8, 4) is 22.6 Å². The number of H-pyrrole nitrogens is 1. The summed E-state index contributed by atoms with van der Waals surface area (Å²) in [7, 11) is -3.91. The van der Waals surface area contributed by atoms with Gasteiger partial charge in [-0.05, 0) is 54.8 Å². The zero-order chi connectivity index (χ0) is 22.6. The van der Waals surface area contributed by atoms with Gasteiger partial charge in [-0.25, -0.2) is 13.9 Å². The monoisotopic (exact) mass is 456 g/mol. The van der Waals surface area contributed by atoms with Crippen molar-refractivity contribution in [1.82, 2.24) is 20.0 Å². The lowest BCUT2D eigenvalue weighted by molar-refractivity contribution is -0.133. The summed E-state index contributed by atoms with van der Waals surface area (Å²) in [5.74, 6) is 0.384. The Morgan fingerprint density at radius 3 is 2.34 bits per heavy atom. The van der Waals surface area contributed by atoms with Gasteiger partial charge in [0.2, 0.25) is 10.0 Å². The van der Waals surface area contributed by atoms with Crippen LogP contribution in [-0.2, 0) is 14.8 Å². The van der Waals surface area contributed by atoms with Crippen molar-refractivity contribution in [3.63, 3.8) is 0 Å². The zero-order valence-corrected chi connectivity index (χ0v) is 18.1. The minimum absolute atomic E-state index is 0.0674. The average molecular weight is 457 g/mol. The minimum atomic E-state index is -3.91. The third kappa shape index (κ3) is 4.67. The van der Waals surface area contributed by atoms with E-state index >= 15 is 0 Å². The molecule has 1 fully saturated rings. The Labute approximate surface area is 186 Å². The van der Waals surface area contributed by atoms with Crippen LogP contribution in [0, 0.1) is 0 Å². The molecule has 10 heteroatoms. The van der Waals surface area contributed by atoms with Gasteiger partial charge in [-0.15, -0.1) is 0 Å². The number of rotatable bonds is 6. The number of aromatic nitrogens is 2. The van der Waals surface area contributed by atoms with Crippen LogP contribution in [0.25, 0.3) is 11.1 Å². The Morgan fingerprint density at radius 2 is 1.72 bits per heavy atom. The number of amides is 1. The summed E-state index contributed by atoms with van der Waals surface area (Å²) in [5.41, 5.74) is 3.55. The van der Waals surface area contributed by atoms with Crippen LogP contribution in [-0.4, -0.2) is 46.6 Å². The number of hydrogen-bond acceptors (Lipinski definition) is 6. The van der Waals surface area contributed by atoms with Crippen molar-refractivity contribution < 1.29 is 23.2 Å². The van der Waals surface area contributed by atoms with Crippen LogP contribution in [0.3, 0.4) is 0 Å². The molecule has 32 heavy (non-hydrogen) atoms. The first-order chi connectivity index (χ1) is 15.5. The van der Waals surface area contributed by atoms with Crippen molar-refractivity contribution in [2.45, 2.75) is 36.6 Å². The summed E-state index contributed by atoms with van der Waals surface area (Å²) in [6.45, 7) is 0.224. The predicted octanol–water partition coefficient (Wildman–Crippen LogP) is 3.31. The molecule has 1 atom stereocenters. The SMILES string of the molecule is O=C(NO)C1CCCCCN1S(=O)(=O)c1ccc(Oc2ccc(-c3cn[nH]c3)cc2)cc1. The summed E-state index contributed by atoms with van der Waals surface area (Å²) in [6, 6.07) is 12.6. The van der Waals surface area contributed by atoms with Crippen LogP contribution < -0.4 is 10.2 Å². The Kier molecular flexibility index (Phi) is 6.54. The molecule has 0 radical (unpaired) electrons. The lowest BCUT2D eigenvalue weighted by Gasteiger charge is -2.27. The molecule has 1 aliphatic heterocycles. The molecule has 2 heterocycles. The van der Waals surface area contributed by atoms with Crippen molar-refractivity contribution in [1.29, 1.82) is 0 Å². The lowest BCUT2D eigenvalue weighted by Crippen LogP contribution is -2.48. The number of carbonyl (C=O) groups is 1. The fourth-order valence-corrected chi connectivity index (χ4v) is 5.44. The maximum Gasteiger partial charge on any atom is 0.261 e. The summed E-state index contributed by atoms with van der Waals surface area (Å²) in [4.78, 5) is 12.1. The number of hydrogen-bond donors (Lipinski definition) is 3. The molecule has 3 aromatic rings. The molecule has 3 N–H and O–H groups in total. The number of aromatic amines is 1.